The van der Waals surface area contributed by atoms with Gasteiger partial charge in [-0.1, -0.05) is 6.07 Å². The Balaban J connectivity index is 2.16. The summed E-state index contributed by atoms with van der Waals surface area (Å²) >= 11 is 5.13. The number of nitrogens with zero attached hydrogens (tertiary/aromatic N) is 2. The van der Waals surface area contributed by atoms with Crippen LogP contribution in [0.15, 0.2) is 47.0 Å². The van der Waals surface area contributed by atoms with Crippen molar-refractivity contribution in [2.75, 3.05) is 18.7 Å². The topological polar surface area (TPSA) is 63.6 Å². The first kappa shape index (κ1) is 21.1. The zero-order valence-corrected chi connectivity index (χ0v) is 16.4. The summed E-state index contributed by atoms with van der Waals surface area (Å²) in [6.45, 7) is 1.60. The molecule has 0 aliphatic heterocycles. The number of anilines is 1. The molecule has 5 nitrogen and oxygen atoms in total. The number of nitrogens with one attached hydrogen (secondary N) is 1. The molecule has 10 heteroatoms. The van der Waals surface area contributed by atoms with Crippen LogP contribution in [0.2, 0.25) is 0 Å². The van der Waals surface area contributed by atoms with Gasteiger partial charge in [0.1, 0.15) is 11.4 Å². The lowest BCUT2D eigenvalue weighted by molar-refractivity contribution is -0.141. The number of benzene rings is 1. The second-order valence-electron chi connectivity index (χ2n) is 5.73. The van der Waals surface area contributed by atoms with Crippen LogP contribution in [-0.4, -0.2) is 27.7 Å². The lowest BCUT2D eigenvalue weighted by Gasteiger charge is -2.15. The monoisotopic (exact) mass is 417 g/mol. The zero-order chi connectivity index (χ0) is 20.2. The number of hydrogen-bond acceptors (Lipinski definition) is 4. The number of alkyl halides is 3. The number of pyridine rings is 1. The van der Waals surface area contributed by atoms with Crippen LogP contribution in [-0.2, 0) is 15.9 Å². The Hall–Kier alpha value is -2.20. The maximum Gasteiger partial charge on any atom is 0.433 e. The molecule has 27 heavy (non-hydrogen) atoms. The van der Waals surface area contributed by atoms with Crippen molar-refractivity contribution in [2.45, 2.75) is 18.3 Å². The molecule has 2 unspecified atom stereocenters. The minimum atomic E-state index is -4.52. The number of hydrogen-bond donors (Lipinski definition) is 1. The van der Waals surface area contributed by atoms with E-state index in [-0.39, 0.29) is 5.11 Å². The van der Waals surface area contributed by atoms with E-state index >= 15 is 0 Å². The number of ether oxygens (including phenoxy) is 1. The predicted molar refractivity (Wildman–Crippen MR) is 103 cm³/mol. The van der Waals surface area contributed by atoms with Crippen molar-refractivity contribution in [3.8, 4) is 5.75 Å². The lowest BCUT2D eigenvalue weighted by atomic mass is 10.2. The van der Waals surface area contributed by atoms with Crippen LogP contribution >= 0.6 is 12.2 Å². The summed E-state index contributed by atoms with van der Waals surface area (Å²) < 4.78 is 59.9. The molecule has 0 radical (unpaired) electrons. The Kier molecular flexibility index (Phi) is 6.42. The summed E-state index contributed by atoms with van der Waals surface area (Å²) in [4.78, 5) is 3.40. The normalized spacial score (nSPS) is 14.7. The highest BCUT2D eigenvalue weighted by atomic mass is 32.2. The molecule has 0 spiro atoms. The molecule has 0 aliphatic rings. The molecule has 1 heterocycles. The Morgan fingerprint density at radius 2 is 1.89 bits per heavy atom. The molecule has 2 atom stereocenters. The first-order chi connectivity index (χ1) is 12.5. The molecular weight excluding hydrogens is 399 g/mol. The fourth-order valence-corrected chi connectivity index (χ4v) is 3.87. The molecule has 0 aliphatic carbocycles. The van der Waals surface area contributed by atoms with Crippen LogP contribution in [0.5, 0.6) is 5.75 Å². The van der Waals surface area contributed by atoms with Crippen LogP contribution in [0.1, 0.15) is 23.4 Å². The number of thiocarbonyl (C=S) groups is 1. The van der Waals surface area contributed by atoms with E-state index in [0.717, 1.165) is 12.3 Å². The number of methoxy groups -OCH3 is 1. The first-order valence-electron chi connectivity index (χ1n) is 7.72. The van der Waals surface area contributed by atoms with Gasteiger partial charge in [-0.05, 0) is 55.0 Å². The van der Waals surface area contributed by atoms with Gasteiger partial charge in [0, 0.05) is 18.1 Å². The summed E-state index contributed by atoms with van der Waals surface area (Å²) in [7, 11) is -1.32. The standard InChI is InChI=1S/C17H18F3N3O2S2/c1-11(12-4-9-15(21-10-12)17(18,19)20)27(3,24)23-16(26)22-13-5-7-14(25-2)8-6-13/h4-11H,1-3H3,(H,22,26). The van der Waals surface area contributed by atoms with Crippen molar-refractivity contribution in [3.05, 3.63) is 53.9 Å². The molecule has 0 fully saturated rings. The number of halogens is 3. The third-order valence-electron chi connectivity index (χ3n) is 3.81. The molecule has 1 aromatic carbocycles. The molecule has 146 valence electrons. The van der Waals surface area contributed by atoms with Gasteiger partial charge in [-0.2, -0.15) is 17.5 Å². The Labute approximate surface area is 161 Å². The summed E-state index contributed by atoms with van der Waals surface area (Å²) in [6.07, 6.45) is -2.06. The summed E-state index contributed by atoms with van der Waals surface area (Å²) in [5.41, 5.74) is 0.0183. The summed E-state index contributed by atoms with van der Waals surface area (Å²) in [5.74, 6) is 0.672. The van der Waals surface area contributed by atoms with Crippen LogP contribution in [0.25, 0.3) is 0 Å². The quantitative estimate of drug-likeness (QED) is 0.733. The van der Waals surface area contributed by atoms with Crippen LogP contribution in [0, 0.1) is 0 Å². The third kappa shape index (κ3) is 5.64. The van der Waals surface area contributed by atoms with E-state index in [4.69, 9.17) is 17.0 Å². The van der Waals surface area contributed by atoms with Gasteiger partial charge in [0.25, 0.3) is 0 Å². The van der Waals surface area contributed by atoms with E-state index in [0.29, 0.717) is 17.0 Å². The Morgan fingerprint density at radius 1 is 1.26 bits per heavy atom. The van der Waals surface area contributed by atoms with Crippen molar-refractivity contribution < 1.29 is 22.1 Å². The Bertz CT molecular complexity index is 920. The molecule has 0 amide bonds. The van der Waals surface area contributed by atoms with Gasteiger partial charge in [0.2, 0.25) is 5.11 Å². The van der Waals surface area contributed by atoms with Crippen LogP contribution < -0.4 is 10.1 Å². The summed E-state index contributed by atoms with van der Waals surface area (Å²) in [5, 5.41) is 2.20. The van der Waals surface area contributed by atoms with E-state index < -0.39 is 26.8 Å². The molecular formula is C17H18F3N3O2S2. The SMILES string of the molecule is COc1ccc(NC(=S)N=S(C)(=O)C(C)c2ccc(C(F)(F)F)nc2)cc1. The smallest absolute Gasteiger partial charge is 0.433 e. The Morgan fingerprint density at radius 3 is 2.37 bits per heavy atom. The van der Waals surface area contributed by atoms with E-state index in [1.54, 1.807) is 38.3 Å². The molecule has 2 aromatic rings. The van der Waals surface area contributed by atoms with Gasteiger partial charge in [-0.3, -0.25) is 4.98 Å². The average Bonchev–Trinajstić information content (AvgIpc) is 2.60. The fraction of sp³-hybridized carbons (Fsp3) is 0.294. The van der Waals surface area contributed by atoms with Crippen molar-refractivity contribution in [1.82, 2.24) is 4.98 Å². The van der Waals surface area contributed by atoms with Gasteiger partial charge < -0.3 is 10.1 Å². The minimum Gasteiger partial charge on any atom is -0.497 e. The molecule has 0 saturated heterocycles. The van der Waals surface area contributed by atoms with E-state index in [2.05, 4.69) is 14.7 Å². The molecule has 1 aromatic heterocycles. The molecule has 0 bridgehead atoms. The highest BCUT2D eigenvalue weighted by Crippen LogP contribution is 2.29. The molecule has 1 N–H and O–H groups in total. The van der Waals surface area contributed by atoms with Gasteiger partial charge >= 0.3 is 6.18 Å². The van der Waals surface area contributed by atoms with Crippen LogP contribution in [0.3, 0.4) is 0 Å². The van der Waals surface area contributed by atoms with Crippen molar-refractivity contribution in [1.29, 1.82) is 0 Å². The average molecular weight is 417 g/mol. The lowest BCUT2D eigenvalue weighted by Crippen LogP contribution is -2.15. The van der Waals surface area contributed by atoms with Crippen LogP contribution in [0.4, 0.5) is 18.9 Å². The van der Waals surface area contributed by atoms with E-state index in [1.165, 1.54) is 12.3 Å². The van der Waals surface area contributed by atoms with Gasteiger partial charge in [0.15, 0.2) is 0 Å². The zero-order valence-electron chi connectivity index (χ0n) is 14.8. The largest absolute Gasteiger partial charge is 0.497 e. The predicted octanol–water partition coefficient (Wildman–Crippen LogP) is 4.66. The minimum absolute atomic E-state index is 0.0133. The maximum absolute atomic E-state index is 12.9. The first-order valence-corrected chi connectivity index (χ1v) is 10.1. The van der Waals surface area contributed by atoms with E-state index in [9.17, 15) is 17.4 Å². The van der Waals surface area contributed by atoms with Gasteiger partial charge in [0.05, 0.1) is 22.1 Å². The van der Waals surface area contributed by atoms with Gasteiger partial charge in [-0.15, -0.1) is 0 Å². The second kappa shape index (κ2) is 8.22. The fourth-order valence-electron chi connectivity index (χ4n) is 2.13. The number of rotatable bonds is 4. The summed E-state index contributed by atoms with van der Waals surface area (Å²) in [6, 6.07) is 9.01. The highest BCUT2D eigenvalue weighted by molar-refractivity contribution is 7.94. The van der Waals surface area contributed by atoms with Crippen molar-refractivity contribution in [3.63, 3.8) is 0 Å². The second-order valence-corrected chi connectivity index (χ2v) is 8.73. The number of aromatic nitrogens is 1. The van der Waals surface area contributed by atoms with Gasteiger partial charge in [-0.25, -0.2) is 4.21 Å². The molecule has 0 saturated carbocycles. The van der Waals surface area contributed by atoms with E-state index in [1.807, 2.05) is 0 Å². The molecule has 2 rings (SSSR count). The highest BCUT2D eigenvalue weighted by Gasteiger charge is 2.32. The maximum atomic E-state index is 12.9. The third-order valence-corrected chi connectivity index (χ3v) is 6.25. The van der Waals surface area contributed by atoms with Crippen molar-refractivity contribution >= 4 is 32.7 Å². The van der Waals surface area contributed by atoms with Crippen molar-refractivity contribution in [2.24, 2.45) is 4.36 Å².